The number of hydrogen-bond acceptors (Lipinski definition) is 4. The SMILES string of the molecule is Nc1ccc(C(=O)N[C@H]2CCCC[C@@H]2O)cc1O. The number of phenols is 1. The number of nitrogens with one attached hydrogen (secondary N) is 1. The molecule has 0 bridgehead atoms. The molecule has 1 aromatic rings. The van der Waals surface area contributed by atoms with Gasteiger partial charge < -0.3 is 21.3 Å². The van der Waals surface area contributed by atoms with Crippen molar-refractivity contribution in [1.29, 1.82) is 0 Å². The summed E-state index contributed by atoms with van der Waals surface area (Å²) < 4.78 is 0. The van der Waals surface area contributed by atoms with E-state index in [2.05, 4.69) is 5.32 Å². The Morgan fingerprint density at radius 3 is 2.72 bits per heavy atom. The van der Waals surface area contributed by atoms with E-state index in [1.165, 1.54) is 12.1 Å². The molecule has 2 rings (SSSR count). The number of carbonyl (C=O) groups is 1. The van der Waals surface area contributed by atoms with Crippen LogP contribution in [-0.2, 0) is 0 Å². The molecule has 0 aliphatic heterocycles. The first kappa shape index (κ1) is 12.7. The fourth-order valence-electron chi connectivity index (χ4n) is 2.22. The second-order valence-electron chi connectivity index (χ2n) is 4.71. The van der Waals surface area contributed by atoms with Crippen LogP contribution in [0.5, 0.6) is 5.75 Å². The third-order valence-electron chi connectivity index (χ3n) is 3.34. The topological polar surface area (TPSA) is 95.6 Å². The normalized spacial score (nSPS) is 23.6. The summed E-state index contributed by atoms with van der Waals surface area (Å²) in [5, 5.41) is 22.0. The van der Waals surface area contributed by atoms with Crippen molar-refractivity contribution < 1.29 is 15.0 Å². The van der Waals surface area contributed by atoms with Gasteiger partial charge in [0.05, 0.1) is 17.8 Å². The van der Waals surface area contributed by atoms with Crippen LogP contribution in [0, 0.1) is 0 Å². The van der Waals surface area contributed by atoms with Crippen molar-refractivity contribution in [3.05, 3.63) is 23.8 Å². The third-order valence-corrected chi connectivity index (χ3v) is 3.34. The van der Waals surface area contributed by atoms with Gasteiger partial charge >= 0.3 is 0 Å². The number of nitrogen functional groups attached to an aromatic ring is 1. The van der Waals surface area contributed by atoms with Gasteiger partial charge in [-0.05, 0) is 31.0 Å². The van der Waals surface area contributed by atoms with E-state index in [1.807, 2.05) is 0 Å². The van der Waals surface area contributed by atoms with E-state index >= 15 is 0 Å². The average Bonchev–Trinajstić information content (AvgIpc) is 2.35. The van der Waals surface area contributed by atoms with E-state index in [1.54, 1.807) is 6.07 Å². The zero-order valence-corrected chi connectivity index (χ0v) is 10.1. The van der Waals surface area contributed by atoms with Gasteiger partial charge in [0.1, 0.15) is 5.75 Å². The number of anilines is 1. The average molecular weight is 250 g/mol. The predicted octanol–water partition coefficient (Wildman–Crippen LogP) is 1.01. The summed E-state index contributed by atoms with van der Waals surface area (Å²) in [4.78, 5) is 11.9. The molecule has 1 aliphatic carbocycles. The molecule has 5 heteroatoms. The molecule has 5 nitrogen and oxygen atoms in total. The van der Waals surface area contributed by atoms with E-state index < -0.39 is 6.10 Å². The van der Waals surface area contributed by atoms with E-state index in [0.29, 0.717) is 5.56 Å². The molecule has 1 aliphatic rings. The van der Waals surface area contributed by atoms with E-state index in [9.17, 15) is 15.0 Å². The zero-order valence-electron chi connectivity index (χ0n) is 10.1. The summed E-state index contributed by atoms with van der Waals surface area (Å²) in [7, 11) is 0. The summed E-state index contributed by atoms with van der Waals surface area (Å²) in [5.41, 5.74) is 6.06. The number of amides is 1. The highest BCUT2D eigenvalue weighted by molar-refractivity contribution is 5.95. The second kappa shape index (κ2) is 5.27. The fourth-order valence-corrected chi connectivity index (χ4v) is 2.22. The monoisotopic (exact) mass is 250 g/mol. The molecule has 18 heavy (non-hydrogen) atoms. The molecule has 0 saturated heterocycles. The molecule has 1 aromatic carbocycles. The summed E-state index contributed by atoms with van der Waals surface area (Å²) >= 11 is 0. The lowest BCUT2D eigenvalue weighted by Crippen LogP contribution is -2.45. The summed E-state index contributed by atoms with van der Waals surface area (Å²) in [5.74, 6) is -0.400. The number of benzene rings is 1. The van der Waals surface area contributed by atoms with Crippen LogP contribution in [0.2, 0.25) is 0 Å². The number of rotatable bonds is 2. The van der Waals surface area contributed by atoms with E-state index in [4.69, 9.17) is 5.73 Å². The fraction of sp³-hybridized carbons (Fsp3) is 0.462. The number of aliphatic hydroxyl groups excluding tert-OH is 1. The van der Waals surface area contributed by atoms with Crippen molar-refractivity contribution in [1.82, 2.24) is 5.32 Å². The highest BCUT2D eigenvalue weighted by Crippen LogP contribution is 2.22. The number of hydrogen-bond donors (Lipinski definition) is 4. The number of aromatic hydroxyl groups is 1. The lowest BCUT2D eigenvalue weighted by atomic mass is 9.92. The maximum atomic E-state index is 11.9. The van der Waals surface area contributed by atoms with Crippen molar-refractivity contribution in [2.75, 3.05) is 5.73 Å². The van der Waals surface area contributed by atoms with Gasteiger partial charge in [0.2, 0.25) is 0 Å². The molecule has 2 atom stereocenters. The minimum atomic E-state index is -0.481. The molecule has 1 saturated carbocycles. The molecule has 1 amide bonds. The highest BCUT2D eigenvalue weighted by atomic mass is 16.3. The molecule has 0 radical (unpaired) electrons. The minimum Gasteiger partial charge on any atom is -0.506 e. The maximum Gasteiger partial charge on any atom is 0.251 e. The second-order valence-corrected chi connectivity index (χ2v) is 4.71. The first-order chi connectivity index (χ1) is 8.58. The Morgan fingerprint density at radius 2 is 2.06 bits per heavy atom. The number of nitrogens with two attached hydrogens (primary N) is 1. The van der Waals surface area contributed by atoms with Crippen LogP contribution in [-0.4, -0.2) is 28.3 Å². The molecule has 0 heterocycles. The summed E-state index contributed by atoms with van der Waals surface area (Å²) in [6.07, 6.45) is 3.03. The van der Waals surface area contributed by atoms with Crippen LogP contribution in [0.25, 0.3) is 0 Å². The molecule has 98 valence electrons. The number of aliphatic hydroxyl groups is 1. The van der Waals surface area contributed by atoms with Crippen molar-refractivity contribution in [2.24, 2.45) is 0 Å². The molecule has 0 unspecified atom stereocenters. The van der Waals surface area contributed by atoms with Gasteiger partial charge in [0.15, 0.2) is 0 Å². The van der Waals surface area contributed by atoms with Gasteiger partial charge in [-0.2, -0.15) is 0 Å². The Hall–Kier alpha value is -1.75. The van der Waals surface area contributed by atoms with E-state index in [-0.39, 0.29) is 23.4 Å². The number of phenolic OH excluding ortho intramolecular Hbond substituents is 1. The van der Waals surface area contributed by atoms with Crippen LogP contribution in [0.15, 0.2) is 18.2 Å². The van der Waals surface area contributed by atoms with Crippen LogP contribution < -0.4 is 11.1 Å². The van der Waals surface area contributed by atoms with E-state index in [0.717, 1.165) is 25.7 Å². The summed E-state index contributed by atoms with van der Waals surface area (Å²) in [6.45, 7) is 0. The molecule has 1 fully saturated rings. The predicted molar refractivity (Wildman–Crippen MR) is 68.2 cm³/mol. The van der Waals surface area contributed by atoms with Gasteiger partial charge in [-0.25, -0.2) is 0 Å². The first-order valence-electron chi connectivity index (χ1n) is 6.15. The minimum absolute atomic E-state index is 0.105. The Bertz CT molecular complexity index is 448. The smallest absolute Gasteiger partial charge is 0.251 e. The third kappa shape index (κ3) is 2.73. The van der Waals surface area contributed by atoms with Crippen molar-refractivity contribution in [3.8, 4) is 5.75 Å². The Balaban J connectivity index is 2.04. The lowest BCUT2D eigenvalue weighted by Gasteiger charge is -2.28. The van der Waals surface area contributed by atoms with Crippen LogP contribution in [0.1, 0.15) is 36.0 Å². The molecule has 0 aromatic heterocycles. The Kier molecular flexibility index (Phi) is 3.72. The van der Waals surface area contributed by atoms with Gasteiger partial charge in [-0.1, -0.05) is 12.8 Å². The van der Waals surface area contributed by atoms with Crippen LogP contribution in [0.4, 0.5) is 5.69 Å². The lowest BCUT2D eigenvalue weighted by molar-refractivity contribution is 0.0717. The largest absolute Gasteiger partial charge is 0.506 e. The van der Waals surface area contributed by atoms with Gasteiger partial charge in [-0.3, -0.25) is 4.79 Å². The number of carbonyl (C=O) groups excluding carboxylic acids is 1. The van der Waals surface area contributed by atoms with Crippen molar-refractivity contribution in [2.45, 2.75) is 37.8 Å². The van der Waals surface area contributed by atoms with Gasteiger partial charge in [0, 0.05) is 5.56 Å². The molecule has 0 spiro atoms. The van der Waals surface area contributed by atoms with Crippen molar-refractivity contribution >= 4 is 11.6 Å². The molecular formula is C13H18N2O3. The first-order valence-corrected chi connectivity index (χ1v) is 6.15. The Labute approximate surface area is 106 Å². The van der Waals surface area contributed by atoms with Crippen molar-refractivity contribution in [3.63, 3.8) is 0 Å². The standard InChI is InChI=1S/C13H18N2O3/c14-9-6-5-8(7-12(9)17)13(18)15-10-3-1-2-4-11(10)16/h5-7,10-11,16-17H,1-4,14H2,(H,15,18)/t10-,11-/m0/s1. The van der Waals surface area contributed by atoms with Crippen LogP contribution >= 0.6 is 0 Å². The zero-order chi connectivity index (χ0) is 13.1. The molecular weight excluding hydrogens is 232 g/mol. The van der Waals surface area contributed by atoms with Crippen LogP contribution in [0.3, 0.4) is 0 Å². The Morgan fingerprint density at radius 1 is 1.33 bits per heavy atom. The maximum absolute atomic E-state index is 11.9. The quantitative estimate of drug-likeness (QED) is 0.465. The van der Waals surface area contributed by atoms with Gasteiger partial charge in [0.25, 0.3) is 5.91 Å². The molecule has 5 N–H and O–H groups in total. The summed E-state index contributed by atoms with van der Waals surface area (Å²) in [6, 6.07) is 4.17. The van der Waals surface area contributed by atoms with Gasteiger partial charge in [-0.15, -0.1) is 0 Å². The highest BCUT2D eigenvalue weighted by Gasteiger charge is 2.24.